The van der Waals surface area contributed by atoms with Gasteiger partial charge < -0.3 is 14.3 Å². The third-order valence-corrected chi connectivity index (χ3v) is 4.04. The molecule has 0 saturated carbocycles. The Morgan fingerprint density at radius 2 is 1.96 bits per heavy atom. The van der Waals surface area contributed by atoms with Crippen LogP contribution in [0.1, 0.15) is 39.2 Å². The summed E-state index contributed by atoms with van der Waals surface area (Å²) in [6, 6.07) is 3.27. The van der Waals surface area contributed by atoms with Gasteiger partial charge in [0.05, 0.1) is 12.2 Å². The van der Waals surface area contributed by atoms with Gasteiger partial charge in [-0.3, -0.25) is 20.4 Å². The van der Waals surface area contributed by atoms with Crippen LogP contribution in [0.15, 0.2) is 22.8 Å². The molecule has 0 fully saturated rings. The first kappa shape index (κ1) is 18.8. The van der Waals surface area contributed by atoms with Gasteiger partial charge >= 0.3 is 5.97 Å². The topological polar surface area (TPSA) is 105 Å². The lowest BCUT2D eigenvalue weighted by atomic mass is 10.2. The SMILES string of the molecule is CCOC(=O)c1cc(C)n(CC(=O)NNC(=O)c2cc(Br)c[nH]2)c1C. The number of hydrogen-bond donors (Lipinski definition) is 3. The third-order valence-electron chi connectivity index (χ3n) is 3.58. The Kier molecular flexibility index (Phi) is 6.02. The van der Waals surface area contributed by atoms with Crippen LogP contribution in [0.25, 0.3) is 0 Å². The summed E-state index contributed by atoms with van der Waals surface area (Å²) in [5.41, 5.74) is 6.78. The number of nitrogens with one attached hydrogen (secondary N) is 3. The van der Waals surface area contributed by atoms with E-state index >= 15 is 0 Å². The molecule has 0 unspecified atom stereocenters. The van der Waals surface area contributed by atoms with E-state index in [0.717, 1.165) is 10.2 Å². The van der Waals surface area contributed by atoms with Crippen molar-refractivity contribution >= 4 is 33.7 Å². The van der Waals surface area contributed by atoms with Gasteiger partial charge in [-0.05, 0) is 48.8 Å². The quantitative estimate of drug-likeness (QED) is 0.516. The Hall–Kier alpha value is -2.55. The fraction of sp³-hybridized carbons (Fsp3) is 0.312. The van der Waals surface area contributed by atoms with E-state index < -0.39 is 17.8 Å². The number of esters is 1. The molecule has 0 bridgehead atoms. The summed E-state index contributed by atoms with van der Waals surface area (Å²) < 4.78 is 7.41. The van der Waals surface area contributed by atoms with Gasteiger partial charge in [0.15, 0.2) is 0 Å². The molecule has 0 radical (unpaired) electrons. The van der Waals surface area contributed by atoms with Gasteiger partial charge in [0, 0.05) is 22.1 Å². The van der Waals surface area contributed by atoms with Crippen molar-refractivity contribution in [2.24, 2.45) is 0 Å². The Morgan fingerprint density at radius 3 is 2.56 bits per heavy atom. The van der Waals surface area contributed by atoms with Crippen molar-refractivity contribution in [3.05, 3.63) is 45.4 Å². The first-order valence-corrected chi connectivity index (χ1v) is 8.39. The average Bonchev–Trinajstić information content (AvgIpc) is 3.11. The van der Waals surface area contributed by atoms with E-state index in [0.29, 0.717) is 17.0 Å². The van der Waals surface area contributed by atoms with Gasteiger partial charge in [-0.1, -0.05) is 0 Å². The lowest BCUT2D eigenvalue weighted by molar-refractivity contribution is -0.122. The van der Waals surface area contributed by atoms with Crippen LogP contribution in [0.5, 0.6) is 0 Å². The Bertz CT molecular complexity index is 809. The summed E-state index contributed by atoms with van der Waals surface area (Å²) in [5.74, 6) is -1.31. The summed E-state index contributed by atoms with van der Waals surface area (Å²) in [5, 5.41) is 0. The van der Waals surface area contributed by atoms with Gasteiger partial charge in [0.1, 0.15) is 12.2 Å². The van der Waals surface area contributed by atoms with Gasteiger partial charge in [0.25, 0.3) is 11.8 Å². The van der Waals surface area contributed by atoms with E-state index in [4.69, 9.17) is 4.74 Å². The minimum absolute atomic E-state index is 0.0359. The van der Waals surface area contributed by atoms with Crippen molar-refractivity contribution < 1.29 is 19.1 Å². The Labute approximate surface area is 153 Å². The fourth-order valence-electron chi connectivity index (χ4n) is 2.34. The number of carbonyl (C=O) groups excluding carboxylic acids is 3. The first-order valence-electron chi connectivity index (χ1n) is 7.60. The summed E-state index contributed by atoms with van der Waals surface area (Å²) in [7, 11) is 0. The zero-order chi connectivity index (χ0) is 18.6. The number of nitrogens with zero attached hydrogens (tertiary/aromatic N) is 1. The second-order valence-corrected chi connectivity index (χ2v) is 6.24. The highest BCUT2D eigenvalue weighted by Crippen LogP contribution is 2.16. The highest BCUT2D eigenvalue weighted by atomic mass is 79.9. The molecule has 0 aliphatic heterocycles. The Balaban J connectivity index is 1.98. The van der Waals surface area contributed by atoms with Crippen LogP contribution in [-0.4, -0.2) is 33.9 Å². The predicted octanol–water partition coefficient (Wildman–Crippen LogP) is 1.83. The lowest BCUT2D eigenvalue weighted by Gasteiger charge is -2.11. The maximum atomic E-state index is 12.1. The smallest absolute Gasteiger partial charge is 0.339 e. The largest absolute Gasteiger partial charge is 0.462 e. The second kappa shape index (κ2) is 8.02. The molecule has 134 valence electrons. The highest BCUT2D eigenvalue weighted by Gasteiger charge is 2.18. The number of aromatic amines is 1. The normalized spacial score (nSPS) is 10.4. The molecule has 9 heteroatoms. The van der Waals surface area contributed by atoms with Crippen LogP contribution in [0.4, 0.5) is 0 Å². The van der Waals surface area contributed by atoms with Crippen molar-refractivity contribution in [2.45, 2.75) is 27.3 Å². The van der Waals surface area contributed by atoms with Crippen molar-refractivity contribution in [3.8, 4) is 0 Å². The lowest BCUT2D eigenvalue weighted by Crippen LogP contribution is -2.43. The minimum Gasteiger partial charge on any atom is -0.462 e. The molecule has 0 aliphatic rings. The molecule has 0 aliphatic carbocycles. The van der Waals surface area contributed by atoms with Gasteiger partial charge in [-0.25, -0.2) is 4.79 Å². The van der Waals surface area contributed by atoms with Crippen LogP contribution in [-0.2, 0) is 16.1 Å². The minimum atomic E-state index is -0.466. The second-order valence-electron chi connectivity index (χ2n) is 5.33. The summed E-state index contributed by atoms with van der Waals surface area (Å²) in [4.78, 5) is 38.6. The molecule has 2 aromatic rings. The van der Waals surface area contributed by atoms with Gasteiger partial charge in [-0.15, -0.1) is 0 Å². The number of aromatic nitrogens is 2. The highest BCUT2D eigenvalue weighted by molar-refractivity contribution is 9.10. The Morgan fingerprint density at radius 1 is 1.24 bits per heavy atom. The van der Waals surface area contributed by atoms with E-state index in [9.17, 15) is 14.4 Å². The number of amides is 2. The number of rotatable bonds is 5. The monoisotopic (exact) mass is 410 g/mol. The number of H-pyrrole nitrogens is 1. The number of hydrazine groups is 1. The van der Waals surface area contributed by atoms with E-state index in [-0.39, 0.29) is 13.2 Å². The van der Waals surface area contributed by atoms with E-state index in [2.05, 4.69) is 31.8 Å². The summed E-state index contributed by atoms with van der Waals surface area (Å²) in [6.07, 6.45) is 1.61. The molecule has 0 atom stereocenters. The molecule has 0 saturated heterocycles. The molecular formula is C16H19BrN4O4. The van der Waals surface area contributed by atoms with E-state index in [1.807, 2.05) is 0 Å². The van der Waals surface area contributed by atoms with E-state index in [1.54, 1.807) is 43.7 Å². The third kappa shape index (κ3) is 4.50. The fourth-order valence-corrected chi connectivity index (χ4v) is 2.68. The van der Waals surface area contributed by atoms with Crippen LogP contribution in [0.2, 0.25) is 0 Å². The first-order chi connectivity index (χ1) is 11.8. The molecule has 2 amide bonds. The zero-order valence-electron chi connectivity index (χ0n) is 14.1. The molecule has 2 heterocycles. The standard InChI is InChI=1S/C16H19BrN4O4/c1-4-25-16(24)12-5-9(2)21(10(12)3)8-14(22)19-20-15(23)13-6-11(17)7-18-13/h5-7,18H,4,8H2,1-3H3,(H,19,22)(H,20,23). The van der Waals surface area contributed by atoms with Crippen LogP contribution in [0, 0.1) is 13.8 Å². The van der Waals surface area contributed by atoms with Crippen LogP contribution < -0.4 is 10.9 Å². The maximum Gasteiger partial charge on any atom is 0.339 e. The molecular weight excluding hydrogens is 392 g/mol. The van der Waals surface area contributed by atoms with Crippen molar-refractivity contribution in [1.29, 1.82) is 0 Å². The van der Waals surface area contributed by atoms with Crippen LogP contribution in [0.3, 0.4) is 0 Å². The molecule has 2 aromatic heterocycles. The van der Waals surface area contributed by atoms with Crippen LogP contribution >= 0.6 is 15.9 Å². The average molecular weight is 411 g/mol. The molecule has 0 spiro atoms. The molecule has 0 aromatic carbocycles. The number of aryl methyl sites for hydroxylation is 1. The number of carbonyl (C=O) groups is 3. The van der Waals surface area contributed by atoms with Crippen molar-refractivity contribution in [3.63, 3.8) is 0 Å². The predicted molar refractivity (Wildman–Crippen MR) is 94.0 cm³/mol. The number of halogens is 1. The maximum absolute atomic E-state index is 12.1. The molecule has 2 rings (SSSR count). The van der Waals surface area contributed by atoms with Crippen molar-refractivity contribution in [1.82, 2.24) is 20.4 Å². The van der Waals surface area contributed by atoms with Crippen molar-refractivity contribution in [2.75, 3.05) is 6.61 Å². The molecule has 25 heavy (non-hydrogen) atoms. The number of ether oxygens (including phenoxy) is 1. The zero-order valence-corrected chi connectivity index (χ0v) is 15.7. The van der Waals surface area contributed by atoms with Gasteiger partial charge in [0.2, 0.25) is 0 Å². The van der Waals surface area contributed by atoms with E-state index in [1.165, 1.54) is 0 Å². The summed E-state index contributed by atoms with van der Waals surface area (Å²) >= 11 is 3.23. The summed E-state index contributed by atoms with van der Waals surface area (Å²) in [6.45, 7) is 5.51. The molecule has 8 nitrogen and oxygen atoms in total. The van der Waals surface area contributed by atoms with Gasteiger partial charge in [-0.2, -0.15) is 0 Å². The number of hydrogen-bond acceptors (Lipinski definition) is 4. The molecule has 3 N–H and O–H groups in total.